The molecule has 0 aromatic heterocycles. The minimum atomic E-state index is -0.662. The zero-order chi connectivity index (χ0) is 12.8. The van der Waals surface area contributed by atoms with Crippen molar-refractivity contribution < 1.29 is 14.3 Å². The quantitative estimate of drug-likeness (QED) is 0.844. The molecule has 1 unspecified atom stereocenters. The van der Waals surface area contributed by atoms with Crippen LogP contribution >= 0.6 is 15.9 Å². The Morgan fingerprint density at radius 2 is 2.24 bits per heavy atom. The van der Waals surface area contributed by atoms with Crippen LogP contribution in [-0.2, 0) is 16.0 Å². The van der Waals surface area contributed by atoms with Gasteiger partial charge < -0.3 is 15.2 Å². The average molecular weight is 302 g/mol. The summed E-state index contributed by atoms with van der Waals surface area (Å²) in [5.41, 5.74) is 6.64. The molecule has 0 bridgehead atoms. The highest BCUT2D eigenvalue weighted by molar-refractivity contribution is 9.10. The third-order valence-corrected chi connectivity index (χ3v) is 2.77. The van der Waals surface area contributed by atoms with Crippen LogP contribution in [0.5, 0.6) is 5.75 Å². The lowest BCUT2D eigenvalue weighted by Gasteiger charge is -2.13. The van der Waals surface area contributed by atoms with Gasteiger partial charge >= 0.3 is 5.97 Å². The zero-order valence-corrected chi connectivity index (χ0v) is 11.5. The van der Waals surface area contributed by atoms with Gasteiger partial charge in [0.25, 0.3) is 0 Å². The van der Waals surface area contributed by atoms with Crippen LogP contribution in [-0.4, -0.2) is 25.7 Å². The summed E-state index contributed by atoms with van der Waals surface area (Å²) in [7, 11) is 1.58. The number of carbonyl (C=O) groups excluding carboxylic acids is 1. The standard InChI is InChI=1S/C12H16BrNO3/c1-3-17-12(15)10(14)6-8-4-5-9(13)7-11(8)16-2/h4-5,7,10H,3,6,14H2,1-2H3. The van der Waals surface area contributed by atoms with Gasteiger partial charge in [-0.1, -0.05) is 22.0 Å². The molecule has 0 heterocycles. The van der Waals surface area contributed by atoms with Crippen LogP contribution in [0.25, 0.3) is 0 Å². The van der Waals surface area contributed by atoms with Crippen LogP contribution in [0.2, 0.25) is 0 Å². The van der Waals surface area contributed by atoms with Crippen LogP contribution in [0.3, 0.4) is 0 Å². The molecule has 4 nitrogen and oxygen atoms in total. The molecule has 1 aromatic carbocycles. The molecule has 1 rings (SSSR count). The van der Waals surface area contributed by atoms with Crippen molar-refractivity contribution in [2.75, 3.05) is 13.7 Å². The molecular weight excluding hydrogens is 286 g/mol. The smallest absolute Gasteiger partial charge is 0.323 e. The summed E-state index contributed by atoms with van der Waals surface area (Å²) < 4.78 is 11.0. The van der Waals surface area contributed by atoms with Crippen molar-refractivity contribution in [1.82, 2.24) is 0 Å². The van der Waals surface area contributed by atoms with E-state index >= 15 is 0 Å². The number of esters is 1. The van der Waals surface area contributed by atoms with Gasteiger partial charge in [-0.25, -0.2) is 0 Å². The minimum Gasteiger partial charge on any atom is -0.496 e. The van der Waals surface area contributed by atoms with Gasteiger partial charge in [0.15, 0.2) is 0 Å². The zero-order valence-electron chi connectivity index (χ0n) is 9.90. The second-order valence-electron chi connectivity index (χ2n) is 3.52. The third kappa shape index (κ3) is 4.02. The molecule has 94 valence electrons. The van der Waals surface area contributed by atoms with E-state index in [1.807, 2.05) is 18.2 Å². The van der Waals surface area contributed by atoms with E-state index in [1.165, 1.54) is 0 Å². The predicted molar refractivity (Wildman–Crippen MR) is 69.0 cm³/mol. The summed E-state index contributed by atoms with van der Waals surface area (Å²) in [6.07, 6.45) is 0.398. The highest BCUT2D eigenvalue weighted by Crippen LogP contribution is 2.24. The van der Waals surface area contributed by atoms with Gasteiger partial charge in [0.1, 0.15) is 11.8 Å². The highest BCUT2D eigenvalue weighted by Gasteiger charge is 2.17. The van der Waals surface area contributed by atoms with E-state index in [-0.39, 0.29) is 0 Å². The van der Waals surface area contributed by atoms with Gasteiger partial charge in [-0.2, -0.15) is 0 Å². The Hall–Kier alpha value is -1.07. The number of benzene rings is 1. The third-order valence-electron chi connectivity index (χ3n) is 2.28. The van der Waals surface area contributed by atoms with E-state index in [0.29, 0.717) is 18.8 Å². The average Bonchev–Trinajstić information content (AvgIpc) is 2.31. The second kappa shape index (κ2) is 6.61. The Balaban J connectivity index is 2.77. The molecule has 2 N–H and O–H groups in total. The molecule has 17 heavy (non-hydrogen) atoms. The predicted octanol–water partition coefficient (Wildman–Crippen LogP) is 1.89. The molecule has 0 saturated carbocycles. The lowest BCUT2D eigenvalue weighted by atomic mass is 10.1. The summed E-state index contributed by atoms with van der Waals surface area (Å²) in [4.78, 5) is 11.4. The number of rotatable bonds is 5. The number of hydrogen-bond donors (Lipinski definition) is 1. The summed E-state index contributed by atoms with van der Waals surface area (Å²) in [6, 6.07) is 4.94. The van der Waals surface area contributed by atoms with Crippen molar-refractivity contribution in [1.29, 1.82) is 0 Å². The molecule has 1 atom stereocenters. The molecule has 0 amide bonds. The van der Waals surface area contributed by atoms with Gasteiger partial charge in [0.2, 0.25) is 0 Å². The fraction of sp³-hybridized carbons (Fsp3) is 0.417. The second-order valence-corrected chi connectivity index (χ2v) is 4.43. The summed E-state index contributed by atoms with van der Waals surface area (Å²) in [5, 5.41) is 0. The lowest BCUT2D eigenvalue weighted by molar-refractivity contribution is -0.144. The van der Waals surface area contributed by atoms with Crippen LogP contribution < -0.4 is 10.5 Å². The first-order valence-electron chi connectivity index (χ1n) is 5.33. The lowest BCUT2D eigenvalue weighted by Crippen LogP contribution is -2.34. The maximum absolute atomic E-state index is 11.4. The molecule has 0 aliphatic rings. The summed E-state index contributed by atoms with van der Waals surface area (Å²) in [5.74, 6) is 0.316. The summed E-state index contributed by atoms with van der Waals surface area (Å²) >= 11 is 3.35. The topological polar surface area (TPSA) is 61.5 Å². The van der Waals surface area contributed by atoms with Crippen LogP contribution in [0, 0.1) is 0 Å². The molecular formula is C12H16BrNO3. The fourth-order valence-electron chi connectivity index (χ4n) is 1.46. The van der Waals surface area contributed by atoms with Crippen molar-refractivity contribution in [2.24, 2.45) is 5.73 Å². The SMILES string of the molecule is CCOC(=O)C(N)Cc1ccc(Br)cc1OC. The van der Waals surface area contributed by atoms with Crippen molar-refractivity contribution in [3.05, 3.63) is 28.2 Å². The van der Waals surface area contributed by atoms with Gasteiger partial charge in [-0.15, -0.1) is 0 Å². The molecule has 0 fully saturated rings. The monoisotopic (exact) mass is 301 g/mol. The van der Waals surface area contributed by atoms with E-state index < -0.39 is 12.0 Å². The fourth-order valence-corrected chi connectivity index (χ4v) is 1.80. The number of hydrogen-bond acceptors (Lipinski definition) is 4. The molecule has 0 spiro atoms. The number of carbonyl (C=O) groups is 1. The van der Waals surface area contributed by atoms with E-state index in [2.05, 4.69) is 15.9 Å². The largest absolute Gasteiger partial charge is 0.496 e. The van der Waals surface area contributed by atoms with E-state index in [0.717, 1.165) is 10.0 Å². The van der Waals surface area contributed by atoms with Crippen molar-refractivity contribution >= 4 is 21.9 Å². The number of nitrogens with two attached hydrogens (primary N) is 1. The molecule has 0 saturated heterocycles. The number of halogens is 1. The maximum atomic E-state index is 11.4. The van der Waals surface area contributed by atoms with Crippen molar-refractivity contribution in [2.45, 2.75) is 19.4 Å². The number of ether oxygens (including phenoxy) is 2. The molecule has 0 aliphatic heterocycles. The molecule has 0 aliphatic carbocycles. The highest BCUT2D eigenvalue weighted by atomic mass is 79.9. The minimum absolute atomic E-state index is 0.337. The Morgan fingerprint density at radius 3 is 2.82 bits per heavy atom. The first-order valence-corrected chi connectivity index (χ1v) is 6.12. The van der Waals surface area contributed by atoms with Gasteiger partial charge in [0.05, 0.1) is 13.7 Å². The summed E-state index contributed by atoms with van der Waals surface area (Å²) in [6.45, 7) is 2.09. The van der Waals surface area contributed by atoms with Crippen LogP contribution in [0.4, 0.5) is 0 Å². The van der Waals surface area contributed by atoms with Gasteiger partial charge in [-0.3, -0.25) is 4.79 Å². The Kier molecular flexibility index (Phi) is 5.44. The van der Waals surface area contributed by atoms with E-state index in [9.17, 15) is 4.79 Å². The van der Waals surface area contributed by atoms with Crippen molar-refractivity contribution in [3.63, 3.8) is 0 Å². The Bertz CT molecular complexity index is 395. The van der Waals surface area contributed by atoms with Gasteiger partial charge in [-0.05, 0) is 24.6 Å². The van der Waals surface area contributed by atoms with Crippen LogP contribution in [0.15, 0.2) is 22.7 Å². The maximum Gasteiger partial charge on any atom is 0.323 e. The Morgan fingerprint density at radius 1 is 1.53 bits per heavy atom. The number of methoxy groups -OCH3 is 1. The van der Waals surface area contributed by atoms with E-state index in [1.54, 1.807) is 14.0 Å². The molecule has 0 radical (unpaired) electrons. The van der Waals surface area contributed by atoms with Crippen molar-refractivity contribution in [3.8, 4) is 5.75 Å². The van der Waals surface area contributed by atoms with E-state index in [4.69, 9.17) is 15.2 Å². The first-order chi connectivity index (χ1) is 8.08. The molecule has 5 heteroatoms. The van der Waals surface area contributed by atoms with Gasteiger partial charge in [0, 0.05) is 10.9 Å². The molecule has 1 aromatic rings. The first kappa shape index (κ1) is 14.0. The van der Waals surface area contributed by atoms with Crippen LogP contribution in [0.1, 0.15) is 12.5 Å². The Labute approximate surface area is 109 Å². The normalized spacial score (nSPS) is 12.0.